The van der Waals surface area contributed by atoms with Crippen molar-refractivity contribution in [3.8, 4) is 5.75 Å². The molecule has 1 aliphatic rings. The van der Waals surface area contributed by atoms with Crippen LogP contribution in [0.5, 0.6) is 5.75 Å². The van der Waals surface area contributed by atoms with Crippen LogP contribution in [0.3, 0.4) is 0 Å². The van der Waals surface area contributed by atoms with Gasteiger partial charge in [-0.05, 0) is 65.9 Å². The van der Waals surface area contributed by atoms with Crippen LogP contribution in [-0.2, 0) is 22.6 Å². The first-order valence-corrected chi connectivity index (χ1v) is 11.1. The van der Waals surface area contributed by atoms with E-state index in [0.717, 1.165) is 16.9 Å². The molecule has 0 aromatic heterocycles. The predicted octanol–water partition coefficient (Wildman–Crippen LogP) is 4.40. The normalized spacial score (nSPS) is 15.3. The number of aryl methyl sites for hydroxylation is 1. The van der Waals surface area contributed by atoms with Gasteiger partial charge in [0.1, 0.15) is 18.2 Å². The molecule has 0 bridgehead atoms. The maximum atomic E-state index is 14.0. The van der Waals surface area contributed by atoms with Gasteiger partial charge in [-0.3, -0.25) is 0 Å². The summed E-state index contributed by atoms with van der Waals surface area (Å²) in [6.07, 6.45) is 0.926. The highest BCUT2D eigenvalue weighted by Gasteiger charge is 2.33. The van der Waals surface area contributed by atoms with E-state index in [0.29, 0.717) is 29.8 Å². The van der Waals surface area contributed by atoms with Gasteiger partial charge in [0.25, 0.3) is 0 Å². The Labute approximate surface area is 202 Å². The van der Waals surface area contributed by atoms with Gasteiger partial charge >= 0.3 is 12.0 Å². The largest absolute Gasteiger partial charge is 0.497 e. The summed E-state index contributed by atoms with van der Waals surface area (Å²) in [7, 11) is 1.60. The lowest BCUT2D eigenvalue weighted by molar-refractivity contribution is -0.140. The Morgan fingerprint density at radius 2 is 1.77 bits per heavy atom. The van der Waals surface area contributed by atoms with Gasteiger partial charge in [0.15, 0.2) is 0 Å². The van der Waals surface area contributed by atoms with E-state index < -0.39 is 23.9 Å². The number of nitrogen functional groups attached to an aromatic ring is 1. The highest BCUT2D eigenvalue weighted by molar-refractivity contribution is 5.95. The van der Waals surface area contributed by atoms with Crippen molar-refractivity contribution in [1.29, 1.82) is 0 Å². The van der Waals surface area contributed by atoms with Crippen molar-refractivity contribution >= 4 is 17.7 Å². The summed E-state index contributed by atoms with van der Waals surface area (Å²) >= 11 is 0. The number of carbonyl (C=O) groups excluding carboxylic acids is 2. The zero-order valence-electron chi connectivity index (χ0n) is 19.2. The molecule has 0 saturated heterocycles. The van der Waals surface area contributed by atoms with Crippen LogP contribution in [-0.4, -0.2) is 19.1 Å². The number of esters is 1. The Balaban J connectivity index is 1.64. The summed E-state index contributed by atoms with van der Waals surface area (Å²) in [4.78, 5) is 25.8. The third kappa shape index (κ3) is 5.97. The molecule has 0 radical (unpaired) electrons. The molecule has 3 aromatic carbocycles. The molecule has 0 aliphatic carbocycles. The van der Waals surface area contributed by atoms with Crippen LogP contribution in [0.2, 0.25) is 0 Å². The molecule has 0 fully saturated rings. The average Bonchev–Trinajstić information content (AvgIpc) is 2.86. The van der Waals surface area contributed by atoms with Crippen molar-refractivity contribution < 1.29 is 23.5 Å². The summed E-state index contributed by atoms with van der Waals surface area (Å²) in [6, 6.07) is 19.0. The van der Waals surface area contributed by atoms with Crippen molar-refractivity contribution in [1.82, 2.24) is 10.6 Å². The highest BCUT2D eigenvalue weighted by atomic mass is 19.1. The van der Waals surface area contributed by atoms with Crippen LogP contribution in [0.15, 0.2) is 84.1 Å². The summed E-state index contributed by atoms with van der Waals surface area (Å²) in [5.41, 5.74) is 9.21. The summed E-state index contributed by atoms with van der Waals surface area (Å²) < 4.78 is 24.8. The molecule has 4 N–H and O–H groups in total. The van der Waals surface area contributed by atoms with E-state index in [4.69, 9.17) is 15.2 Å². The molecule has 0 saturated carbocycles. The number of halogens is 1. The first-order chi connectivity index (χ1) is 16.9. The maximum Gasteiger partial charge on any atom is 0.338 e. The number of nitrogens with one attached hydrogen (secondary N) is 2. The molecule has 7 nitrogen and oxygen atoms in total. The molecule has 2 amide bonds. The molecule has 35 heavy (non-hydrogen) atoms. The van der Waals surface area contributed by atoms with E-state index in [9.17, 15) is 14.0 Å². The van der Waals surface area contributed by atoms with E-state index in [2.05, 4.69) is 10.6 Å². The highest BCUT2D eigenvalue weighted by Crippen LogP contribution is 2.30. The monoisotopic (exact) mass is 475 g/mol. The predicted molar refractivity (Wildman–Crippen MR) is 130 cm³/mol. The van der Waals surface area contributed by atoms with Crippen molar-refractivity contribution in [3.63, 3.8) is 0 Å². The second-order valence-electron chi connectivity index (χ2n) is 8.15. The lowest BCUT2D eigenvalue weighted by Gasteiger charge is -2.29. The minimum absolute atomic E-state index is 0.00293. The number of allylic oxidation sites excluding steroid dienone is 1. The first-order valence-electron chi connectivity index (χ1n) is 11.1. The number of methoxy groups -OCH3 is 1. The number of urea groups is 1. The van der Waals surface area contributed by atoms with E-state index in [-0.39, 0.29) is 12.2 Å². The van der Waals surface area contributed by atoms with Crippen LogP contribution < -0.4 is 21.1 Å². The molecule has 3 aromatic rings. The number of ether oxygens (including phenoxy) is 2. The van der Waals surface area contributed by atoms with Gasteiger partial charge in [0.2, 0.25) is 0 Å². The zero-order chi connectivity index (χ0) is 24.8. The fraction of sp³-hybridized carbons (Fsp3) is 0.185. The topological polar surface area (TPSA) is 103 Å². The Morgan fingerprint density at radius 1 is 1.00 bits per heavy atom. The minimum atomic E-state index is -0.862. The number of rotatable bonds is 8. The molecular weight excluding hydrogens is 449 g/mol. The molecule has 1 aliphatic heterocycles. The Bertz CT molecular complexity index is 1260. The molecule has 8 heteroatoms. The number of anilines is 1. The Kier molecular flexibility index (Phi) is 7.30. The lowest BCUT2D eigenvalue weighted by Crippen LogP contribution is -2.46. The quantitative estimate of drug-likeness (QED) is 0.331. The van der Waals surface area contributed by atoms with Gasteiger partial charge in [0, 0.05) is 11.4 Å². The summed E-state index contributed by atoms with van der Waals surface area (Å²) in [5, 5.41) is 5.48. The molecule has 4 rings (SSSR count). The van der Waals surface area contributed by atoms with E-state index in [1.54, 1.807) is 37.4 Å². The zero-order valence-corrected chi connectivity index (χ0v) is 19.2. The van der Waals surface area contributed by atoms with Crippen LogP contribution in [0.1, 0.15) is 29.2 Å². The number of benzene rings is 3. The molecule has 1 atom stereocenters. The molecule has 1 heterocycles. The molecule has 0 spiro atoms. The fourth-order valence-electron chi connectivity index (χ4n) is 3.96. The van der Waals surface area contributed by atoms with Crippen LogP contribution in [0.25, 0.3) is 0 Å². The third-order valence-corrected chi connectivity index (χ3v) is 5.70. The fourth-order valence-corrected chi connectivity index (χ4v) is 3.96. The standard InChI is InChI=1S/C27H26FN3O4/c1-34-22-11-8-17(9-12-22)10-13-23-24(26(32)35-16-18-4-2-7-21(29)14-18)25(31-27(33)30-23)19-5-3-6-20(28)15-19/h2-9,11-12,14-15,25H,10,13,16,29H2,1H3,(H2,30,31,33). The van der Waals surface area contributed by atoms with Crippen molar-refractivity contribution in [2.45, 2.75) is 25.5 Å². The van der Waals surface area contributed by atoms with Crippen LogP contribution in [0, 0.1) is 5.82 Å². The number of nitrogens with two attached hydrogens (primary N) is 1. The van der Waals surface area contributed by atoms with Gasteiger partial charge in [-0.1, -0.05) is 36.4 Å². The van der Waals surface area contributed by atoms with Crippen molar-refractivity contribution in [3.05, 3.63) is 107 Å². The second kappa shape index (κ2) is 10.7. The van der Waals surface area contributed by atoms with E-state index >= 15 is 0 Å². The smallest absolute Gasteiger partial charge is 0.338 e. The van der Waals surface area contributed by atoms with E-state index in [1.807, 2.05) is 24.3 Å². The average molecular weight is 476 g/mol. The number of carbonyl (C=O) groups is 2. The maximum absolute atomic E-state index is 14.0. The van der Waals surface area contributed by atoms with Gasteiger partial charge in [-0.2, -0.15) is 0 Å². The van der Waals surface area contributed by atoms with Crippen LogP contribution in [0.4, 0.5) is 14.9 Å². The van der Waals surface area contributed by atoms with Crippen molar-refractivity contribution in [2.75, 3.05) is 12.8 Å². The Morgan fingerprint density at radius 3 is 2.49 bits per heavy atom. The number of hydrogen-bond acceptors (Lipinski definition) is 5. The SMILES string of the molecule is COc1ccc(CCC2=C(C(=O)OCc3cccc(N)c3)C(c3cccc(F)c3)NC(=O)N2)cc1. The van der Waals surface area contributed by atoms with Crippen molar-refractivity contribution in [2.24, 2.45) is 0 Å². The summed E-state index contributed by atoms with van der Waals surface area (Å²) in [5.74, 6) is -0.346. The lowest BCUT2D eigenvalue weighted by atomic mass is 9.93. The van der Waals surface area contributed by atoms with Gasteiger partial charge in [-0.25, -0.2) is 14.0 Å². The molecular formula is C27H26FN3O4. The number of amides is 2. The number of hydrogen-bond donors (Lipinski definition) is 3. The van der Waals surface area contributed by atoms with Gasteiger partial charge in [0.05, 0.1) is 18.7 Å². The van der Waals surface area contributed by atoms with Gasteiger partial charge < -0.3 is 25.8 Å². The Hall–Kier alpha value is -4.33. The second-order valence-corrected chi connectivity index (χ2v) is 8.15. The van der Waals surface area contributed by atoms with Crippen LogP contribution >= 0.6 is 0 Å². The molecule has 1 unspecified atom stereocenters. The summed E-state index contributed by atoms with van der Waals surface area (Å²) in [6.45, 7) is 0.00293. The van der Waals surface area contributed by atoms with Gasteiger partial charge in [-0.15, -0.1) is 0 Å². The van der Waals surface area contributed by atoms with E-state index in [1.165, 1.54) is 18.2 Å². The minimum Gasteiger partial charge on any atom is -0.497 e. The third-order valence-electron chi connectivity index (χ3n) is 5.70. The molecule has 180 valence electrons. The first kappa shape index (κ1) is 23.8.